The van der Waals surface area contributed by atoms with Crippen LogP contribution in [0.15, 0.2) is 11.6 Å². The Morgan fingerprint density at radius 2 is 1.93 bits per heavy atom. The number of thiazole rings is 1. The van der Waals surface area contributed by atoms with Gasteiger partial charge in [-0.3, -0.25) is 14.3 Å². The highest BCUT2D eigenvalue weighted by Gasteiger charge is 2.25. The molecule has 7 nitrogen and oxygen atoms in total. The first-order valence-corrected chi connectivity index (χ1v) is 11.8. The van der Waals surface area contributed by atoms with Crippen LogP contribution in [0, 0.1) is 13.8 Å². The first-order chi connectivity index (χ1) is 14.5. The Hall–Kier alpha value is -2.19. The summed E-state index contributed by atoms with van der Waals surface area (Å²) in [5.41, 5.74) is 5.12. The number of hydrogen-bond acceptors (Lipinski definition) is 5. The number of likely N-dealkylation sites (tertiary alicyclic amines) is 1. The average molecular weight is 429 g/mol. The second-order valence-electron chi connectivity index (χ2n) is 8.42. The van der Waals surface area contributed by atoms with Gasteiger partial charge in [0.25, 0.3) is 5.91 Å². The van der Waals surface area contributed by atoms with E-state index in [4.69, 9.17) is 4.98 Å². The van der Waals surface area contributed by atoms with Crippen LogP contribution in [0.3, 0.4) is 0 Å². The SMILES string of the molecule is Cc1n[nH]c(C)c1CCN(C)Cc1c(C(=O)N2CCCCCCC2)nc2sccn12. The molecule has 0 aliphatic carbocycles. The fourth-order valence-corrected chi connectivity index (χ4v) is 5.07. The van der Waals surface area contributed by atoms with E-state index in [1.54, 1.807) is 11.3 Å². The monoisotopic (exact) mass is 428 g/mol. The van der Waals surface area contributed by atoms with Crippen molar-refractivity contribution in [2.75, 3.05) is 26.7 Å². The van der Waals surface area contributed by atoms with Crippen LogP contribution in [-0.2, 0) is 13.0 Å². The number of rotatable bonds is 6. The van der Waals surface area contributed by atoms with Crippen molar-refractivity contribution in [3.8, 4) is 0 Å². The minimum Gasteiger partial charge on any atom is -0.337 e. The molecule has 3 aromatic rings. The zero-order valence-corrected chi connectivity index (χ0v) is 19.1. The van der Waals surface area contributed by atoms with Crippen molar-refractivity contribution in [2.45, 2.75) is 58.9 Å². The molecule has 1 fully saturated rings. The summed E-state index contributed by atoms with van der Waals surface area (Å²) in [7, 11) is 2.11. The highest BCUT2D eigenvalue weighted by molar-refractivity contribution is 7.15. The van der Waals surface area contributed by atoms with Gasteiger partial charge in [0, 0.05) is 43.4 Å². The van der Waals surface area contributed by atoms with Gasteiger partial charge in [-0.25, -0.2) is 4.98 Å². The van der Waals surface area contributed by atoms with Gasteiger partial charge in [0.2, 0.25) is 0 Å². The largest absolute Gasteiger partial charge is 0.337 e. The number of carbonyl (C=O) groups excluding carboxylic acids is 1. The predicted molar refractivity (Wildman–Crippen MR) is 120 cm³/mol. The third-order valence-electron chi connectivity index (χ3n) is 6.15. The second kappa shape index (κ2) is 9.31. The molecule has 0 bridgehead atoms. The van der Waals surface area contributed by atoms with Gasteiger partial charge in [0.05, 0.1) is 11.4 Å². The lowest BCUT2D eigenvalue weighted by atomic mass is 10.1. The number of imidazole rings is 1. The zero-order valence-electron chi connectivity index (χ0n) is 18.3. The molecule has 1 aliphatic rings. The van der Waals surface area contributed by atoms with E-state index in [1.165, 1.54) is 24.8 Å². The number of amides is 1. The highest BCUT2D eigenvalue weighted by atomic mass is 32.1. The highest BCUT2D eigenvalue weighted by Crippen LogP contribution is 2.22. The lowest BCUT2D eigenvalue weighted by Gasteiger charge is -2.25. The van der Waals surface area contributed by atoms with Crippen molar-refractivity contribution in [1.82, 2.24) is 29.4 Å². The van der Waals surface area contributed by atoms with Crippen LogP contribution in [0.1, 0.15) is 65.2 Å². The molecule has 0 atom stereocenters. The second-order valence-corrected chi connectivity index (χ2v) is 9.30. The number of aromatic nitrogens is 4. The topological polar surface area (TPSA) is 69.5 Å². The van der Waals surface area contributed by atoms with Crippen molar-refractivity contribution < 1.29 is 4.79 Å². The van der Waals surface area contributed by atoms with E-state index in [9.17, 15) is 4.79 Å². The number of fused-ring (bicyclic) bond motifs is 1. The maximum atomic E-state index is 13.4. The zero-order chi connectivity index (χ0) is 21.1. The average Bonchev–Trinajstić information content (AvgIpc) is 3.36. The molecule has 8 heteroatoms. The summed E-state index contributed by atoms with van der Waals surface area (Å²) in [6.45, 7) is 7.40. The summed E-state index contributed by atoms with van der Waals surface area (Å²) in [4.78, 5) is 23.3. The van der Waals surface area contributed by atoms with Crippen LogP contribution < -0.4 is 0 Å². The van der Waals surface area contributed by atoms with Crippen LogP contribution in [0.5, 0.6) is 0 Å². The molecule has 4 heterocycles. The van der Waals surface area contributed by atoms with Gasteiger partial charge in [0.1, 0.15) is 0 Å². The van der Waals surface area contributed by atoms with Crippen molar-refractivity contribution >= 4 is 22.2 Å². The fourth-order valence-electron chi connectivity index (χ4n) is 4.34. The molecular formula is C22H32N6OS. The Bertz CT molecular complexity index is 975. The molecule has 162 valence electrons. The summed E-state index contributed by atoms with van der Waals surface area (Å²) in [6, 6.07) is 0. The van der Waals surface area contributed by atoms with Crippen molar-refractivity contribution in [3.05, 3.63) is 39.9 Å². The number of H-pyrrole nitrogens is 1. The number of hydrogen-bond donors (Lipinski definition) is 1. The number of carbonyl (C=O) groups is 1. The van der Waals surface area contributed by atoms with Crippen molar-refractivity contribution in [1.29, 1.82) is 0 Å². The van der Waals surface area contributed by atoms with E-state index in [0.717, 1.165) is 60.9 Å². The number of aromatic amines is 1. The lowest BCUT2D eigenvalue weighted by molar-refractivity contribution is 0.0735. The van der Waals surface area contributed by atoms with Gasteiger partial charge in [0.15, 0.2) is 10.7 Å². The summed E-state index contributed by atoms with van der Waals surface area (Å²) < 4.78 is 2.09. The Labute approximate surface area is 182 Å². The van der Waals surface area contributed by atoms with Gasteiger partial charge in [-0.05, 0) is 45.7 Å². The van der Waals surface area contributed by atoms with Gasteiger partial charge >= 0.3 is 0 Å². The molecule has 0 saturated carbocycles. The Morgan fingerprint density at radius 1 is 1.20 bits per heavy atom. The third kappa shape index (κ3) is 4.44. The molecule has 0 unspecified atom stereocenters. The van der Waals surface area contributed by atoms with E-state index < -0.39 is 0 Å². The van der Waals surface area contributed by atoms with E-state index in [0.29, 0.717) is 12.2 Å². The molecule has 1 saturated heterocycles. The van der Waals surface area contributed by atoms with Crippen LogP contribution >= 0.6 is 11.3 Å². The van der Waals surface area contributed by atoms with E-state index in [1.807, 2.05) is 23.4 Å². The van der Waals surface area contributed by atoms with E-state index >= 15 is 0 Å². The summed E-state index contributed by atoms with van der Waals surface area (Å²) in [5, 5.41) is 9.40. The summed E-state index contributed by atoms with van der Waals surface area (Å²) in [5.74, 6) is 0.0951. The van der Waals surface area contributed by atoms with Gasteiger partial charge in [-0.15, -0.1) is 11.3 Å². The number of nitrogens with zero attached hydrogens (tertiary/aromatic N) is 5. The molecule has 4 rings (SSSR count). The first-order valence-electron chi connectivity index (χ1n) is 11.0. The normalized spacial score (nSPS) is 15.7. The predicted octanol–water partition coefficient (Wildman–Crippen LogP) is 3.82. The molecule has 1 amide bonds. The third-order valence-corrected chi connectivity index (χ3v) is 6.91. The summed E-state index contributed by atoms with van der Waals surface area (Å²) in [6.07, 6.45) is 8.86. The lowest BCUT2D eigenvalue weighted by Crippen LogP contribution is -2.35. The fraction of sp³-hybridized carbons (Fsp3) is 0.591. The minimum atomic E-state index is 0.0951. The molecule has 0 aromatic carbocycles. The molecule has 1 aliphatic heterocycles. The van der Waals surface area contributed by atoms with Crippen molar-refractivity contribution in [3.63, 3.8) is 0 Å². The standard InChI is InChI=1S/C22H32N6OS/c1-16-18(17(2)25-24-16)9-12-26(3)15-19-20(23-22-28(19)13-14-30-22)21(29)27-10-7-5-4-6-8-11-27/h13-14H,4-12,15H2,1-3H3,(H,24,25). The molecule has 0 spiro atoms. The van der Waals surface area contributed by atoms with Crippen LogP contribution in [0.25, 0.3) is 4.96 Å². The van der Waals surface area contributed by atoms with Crippen molar-refractivity contribution in [2.24, 2.45) is 0 Å². The van der Waals surface area contributed by atoms with E-state index in [-0.39, 0.29) is 5.91 Å². The minimum absolute atomic E-state index is 0.0951. The quantitative estimate of drug-likeness (QED) is 0.648. The van der Waals surface area contributed by atoms with Crippen LogP contribution in [0.2, 0.25) is 0 Å². The molecule has 1 N–H and O–H groups in total. The maximum Gasteiger partial charge on any atom is 0.274 e. The van der Waals surface area contributed by atoms with Gasteiger partial charge < -0.3 is 9.80 Å². The maximum absolute atomic E-state index is 13.4. The van der Waals surface area contributed by atoms with E-state index in [2.05, 4.69) is 33.5 Å². The molecule has 0 radical (unpaired) electrons. The molecular weight excluding hydrogens is 396 g/mol. The molecule has 30 heavy (non-hydrogen) atoms. The smallest absolute Gasteiger partial charge is 0.274 e. The number of nitrogens with one attached hydrogen (secondary N) is 1. The number of aryl methyl sites for hydroxylation is 2. The van der Waals surface area contributed by atoms with Crippen LogP contribution in [-0.4, -0.2) is 62.0 Å². The van der Waals surface area contributed by atoms with Gasteiger partial charge in [-0.2, -0.15) is 5.10 Å². The van der Waals surface area contributed by atoms with Gasteiger partial charge in [-0.1, -0.05) is 19.3 Å². The Kier molecular flexibility index (Phi) is 6.53. The first kappa shape index (κ1) is 21.1. The molecule has 3 aromatic heterocycles. The van der Waals surface area contributed by atoms with Crippen LogP contribution in [0.4, 0.5) is 0 Å². The Balaban J connectivity index is 1.51. The number of likely N-dealkylation sites (N-methyl/N-ethyl adjacent to an activating group) is 1. The Morgan fingerprint density at radius 3 is 2.63 bits per heavy atom. The summed E-state index contributed by atoms with van der Waals surface area (Å²) >= 11 is 1.59.